The molecule has 0 atom stereocenters. The number of thiol groups is 2. The number of benzene rings is 2. The first-order valence-electron chi connectivity index (χ1n) is 5.57. The highest BCUT2D eigenvalue weighted by atomic mass is 33.6. The first-order chi connectivity index (χ1) is 9.58. The van der Waals surface area contributed by atoms with E-state index in [-0.39, 0.29) is 0 Å². The van der Waals surface area contributed by atoms with Crippen LogP contribution < -0.4 is 0 Å². The summed E-state index contributed by atoms with van der Waals surface area (Å²) in [5.74, 6) is 0. The molecule has 0 radical (unpaired) electrons. The molecule has 1 heterocycles. The standard InChI is InChI=1S/C12H10O4S4/c13-18(14)20(19(15)16)11-7-3-1-5-9(11)17-10-6-2-4-8-12(10)20/h1-8,18-19H. The van der Waals surface area contributed by atoms with Gasteiger partial charge in [-0.05, 0) is 24.3 Å². The summed E-state index contributed by atoms with van der Waals surface area (Å²) < 4.78 is 47.7. The Balaban J connectivity index is 2.50. The monoisotopic (exact) mass is 346 g/mol. The van der Waals surface area contributed by atoms with Crippen molar-refractivity contribution in [3.05, 3.63) is 48.5 Å². The van der Waals surface area contributed by atoms with Gasteiger partial charge in [-0.1, -0.05) is 36.0 Å². The zero-order chi connectivity index (χ0) is 14.3. The molecule has 8 heteroatoms. The van der Waals surface area contributed by atoms with E-state index in [9.17, 15) is 16.8 Å². The third-order valence-corrected chi connectivity index (χ3v) is 14.5. The topological polar surface area (TPSA) is 68.3 Å². The molecule has 0 fully saturated rings. The minimum absolute atomic E-state index is 0.399. The molecular weight excluding hydrogens is 336 g/mol. The fourth-order valence-electron chi connectivity index (χ4n) is 2.15. The molecule has 0 unspecified atom stereocenters. The van der Waals surface area contributed by atoms with Crippen molar-refractivity contribution >= 4 is 39.3 Å². The predicted octanol–water partition coefficient (Wildman–Crippen LogP) is 2.43. The normalized spacial score (nSPS) is 17.5. The van der Waals surface area contributed by atoms with E-state index in [1.54, 1.807) is 48.5 Å². The van der Waals surface area contributed by atoms with E-state index in [1.165, 1.54) is 11.8 Å². The Kier molecular flexibility index (Phi) is 3.57. The molecule has 0 amide bonds. The molecule has 1 aliphatic rings. The molecule has 0 saturated heterocycles. The van der Waals surface area contributed by atoms with E-state index in [4.69, 9.17) is 0 Å². The van der Waals surface area contributed by atoms with Gasteiger partial charge in [0.05, 0.1) is 0 Å². The van der Waals surface area contributed by atoms with E-state index < -0.39 is 27.6 Å². The minimum atomic E-state index is -3.14. The van der Waals surface area contributed by atoms with Crippen molar-refractivity contribution in [3.8, 4) is 0 Å². The Labute approximate surface area is 124 Å². The number of hydrogen-bond acceptors (Lipinski definition) is 5. The van der Waals surface area contributed by atoms with E-state index in [0.29, 0.717) is 19.6 Å². The van der Waals surface area contributed by atoms with Crippen LogP contribution in [-0.2, 0) is 19.5 Å². The fourth-order valence-corrected chi connectivity index (χ4v) is 12.1. The highest BCUT2D eigenvalue weighted by Gasteiger charge is 2.42. The molecule has 3 rings (SSSR count). The summed E-state index contributed by atoms with van der Waals surface area (Å²) in [7, 11) is -9.35. The van der Waals surface area contributed by atoms with Crippen molar-refractivity contribution in [2.75, 3.05) is 0 Å². The molecule has 0 bridgehead atoms. The van der Waals surface area contributed by atoms with Crippen LogP contribution in [0.5, 0.6) is 0 Å². The van der Waals surface area contributed by atoms with Gasteiger partial charge in [-0.3, -0.25) is 0 Å². The second kappa shape index (κ2) is 5.10. The SMILES string of the molecule is O=[SH](=O)S1([SH](=O)=O)c2ccccc2Sc2ccccc21. The smallest absolute Gasteiger partial charge is 0.194 e. The lowest BCUT2D eigenvalue weighted by molar-refractivity contribution is 0.623. The van der Waals surface area contributed by atoms with Gasteiger partial charge in [0.15, 0.2) is 19.5 Å². The third-order valence-electron chi connectivity index (χ3n) is 2.96. The summed E-state index contributed by atoms with van der Waals surface area (Å²) in [4.78, 5) is 2.19. The highest BCUT2D eigenvalue weighted by Crippen LogP contribution is 2.71. The molecule has 0 aliphatic carbocycles. The summed E-state index contributed by atoms with van der Waals surface area (Å²) >= 11 is 1.41. The molecule has 2 aromatic rings. The van der Waals surface area contributed by atoms with Crippen LogP contribution >= 0.6 is 19.9 Å². The van der Waals surface area contributed by atoms with Crippen molar-refractivity contribution in [2.45, 2.75) is 19.6 Å². The van der Waals surface area contributed by atoms with E-state index in [1.807, 2.05) is 0 Å². The van der Waals surface area contributed by atoms with Crippen molar-refractivity contribution in [1.82, 2.24) is 0 Å². The Morgan fingerprint density at radius 3 is 1.50 bits per heavy atom. The zero-order valence-corrected chi connectivity index (χ0v) is 13.4. The first kappa shape index (κ1) is 14.0. The van der Waals surface area contributed by atoms with Crippen molar-refractivity contribution in [1.29, 1.82) is 0 Å². The molecule has 0 N–H and O–H groups in total. The van der Waals surface area contributed by atoms with Crippen LogP contribution in [-0.4, -0.2) is 16.8 Å². The lowest BCUT2D eigenvalue weighted by Gasteiger charge is -2.35. The quantitative estimate of drug-likeness (QED) is 0.646. The second-order valence-electron chi connectivity index (χ2n) is 3.99. The molecule has 106 valence electrons. The number of fused-ring (bicyclic) bond motifs is 2. The van der Waals surface area contributed by atoms with Gasteiger partial charge in [0.1, 0.15) is 0 Å². The molecule has 4 nitrogen and oxygen atoms in total. The van der Waals surface area contributed by atoms with Crippen LogP contribution in [0.4, 0.5) is 0 Å². The predicted molar refractivity (Wildman–Crippen MR) is 81.8 cm³/mol. The van der Waals surface area contributed by atoms with Crippen LogP contribution in [0.2, 0.25) is 0 Å². The minimum Gasteiger partial charge on any atom is -0.220 e. The van der Waals surface area contributed by atoms with Gasteiger partial charge >= 0.3 is 0 Å². The van der Waals surface area contributed by atoms with Gasteiger partial charge in [0, 0.05) is 27.7 Å². The third kappa shape index (κ3) is 1.82. The van der Waals surface area contributed by atoms with Crippen LogP contribution in [0, 0.1) is 0 Å². The van der Waals surface area contributed by atoms with Gasteiger partial charge in [-0.25, -0.2) is 16.8 Å². The zero-order valence-electron chi connectivity index (χ0n) is 9.96. The Morgan fingerprint density at radius 1 is 0.700 bits per heavy atom. The Bertz CT molecular complexity index is 753. The van der Waals surface area contributed by atoms with E-state index in [0.717, 1.165) is 0 Å². The summed E-state index contributed by atoms with van der Waals surface area (Å²) in [6.07, 6.45) is 0. The second-order valence-corrected chi connectivity index (χ2v) is 13.9. The molecular formula is C12H10O4S4. The van der Waals surface area contributed by atoms with Gasteiger partial charge in [-0.2, -0.15) is 0 Å². The average molecular weight is 346 g/mol. The summed E-state index contributed by atoms with van der Waals surface area (Å²) in [5.41, 5.74) is 0. The molecule has 0 spiro atoms. The van der Waals surface area contributed by atoms with Crippen molar-refractivity contribution in [3.63, 3.8) is 0 Å². The van der Waals surface area contributed by atoms with Gasteiger partial charge < -0.3 is 0 Å². The lowest BCUT2D eigenvalue weighted by atomic mass is 10.3. The maximum atomic E-state index is 11.9. The van der Waals surface area contributed by atoms with Crippen LogP contribution in [0.1, 0.15) is 0 Å². The molecule has 20 heavy (non-hydrogen) atoms. The first-order valence-corrected chi connectivity index (χ1v) is 11.6. The average Bonchev–Trinajstić information content (AvgIpc) is 2.43. The van der Waals surface area contributed by atoms with E-state index >= 15 is 0 Å². The fraction of sp³-hybridized carbons (Fsp3) is 0. The largest absolute Gasteiger partial charge is 0.220 e. The van der Waals surface area contributed by atoms with Crippen LogP contribution in [0.3, 0.4) is 0 Å². The maximum absolute atomic E-state index is 11.9. The summed E-state index contributed by atoms with van der Waals surface area (Å²) in [6, 6.07) is 13.6. The van der Waals surface area contributed by atoms with Gasteiger partial charge in [0.2, 0.25) is 0 Å². The molecule has 2 aromatic carbocycles. The number of hydrogen-bond donors (Lipinski definition) is 2. The summed E-state index contributed by atoms with van der Waals surface area (Å²) in [5, 5.41) is 0. The van der Waals surface area contributed by atoms with E-state index in [2.05, 4.69) is 0 Å². The highest BCUT2D eigenvalue weighted by molar-refractivity contribution is 9.13. The lowest BCUT2D eigenvalue weighted by Crippen LogP contribution is -2.11. The Morgan fingerprint density at radius 2 is 1.10 bits per heavy atom. The van der Waals surface area contributed by atoms with Crippen LogP contribution in [0.15, 0.2) is 68.1 Å². The van der Waals surface area contributed by atoms with Crippen molar-refractivity contribution in [2.24, 2.45) is 0 Å². The molecule has 1 aliphatic heterocycles. The van der Waals surface area contributed by atoms with Gasteiger partial charge in [0.25, 0.3) is 0 Å². The van der Waals surface area contributed by atoms with Crippen molar-refractivity contribution < 1.29 is 16.8 Å². The van der Waals surface area contributed by atoms with Crippen LogP contribution in [0.25, 0.3) is 0 Å². The maximum Gasteiger partial charge on any atom is 0.194 e. The number of rotatable bonds is 2. The Hall–Kier alpha value is -0.960. The molecule has 0 aromatic heterocycles. The molecule has 0 saturated carbocycles. The van der Waals surface area contributed by atoms with Gasteiger partial charge in [-0.15, -0.1) is 0 Å². The summed E-state index contributed by atoms with van der Waals surface area (Å²) in [6.45, 7) is 0.